The molecule has 0 aliphatic heterocycles. The predicted octanol–water partition coefficient (Wildman–Crippen LogP) is 2.80. The van der Waals surface area contributed by atoms with E-state index in [4.69, 9.17) is 0 Å². The van der Waals surface area contributed by atoms with Crippen LogP contribution in [-0.4, -0.2) is 28.4 Å². The van der Waals surface area contributed by atoms with Crippen molar-refractivity contribution in [3.63, 3.8) is 0 Å². The van der Waals surface area contributed by atoms with Gasteiger partial charge in [0.05, 0.1) is 10.6 Å². The van der Waals surface area contributed by atoms with E-state index in [1.165, 1.54) is 23.2 Å². The van der Waals surface area contributed by atoms with Crippen LogP contribution in [0.4, 0.5) is 11.4 Å². The maximum atomic E-state index is 12.6. The van der Waals surface area contributed by atoms with Crippen LogP contribution in [0.25, 0.3) is 0 Å². The Labute approximate surface area is 137 Å². The van der Waals surface area contributed by atoms with Gasteiger partial charge >= 0.3 is 0 Å². The molecule has 0 N–H and O–H groups in total. The van der Waals surface area contributed by atoms with Crippen molar-refractivity contribution in [2.24, 2.45) is 0 Å². The van der Waals surface area contributed by atoms with Crippen LogP contribution < -0.4 is 9.21 Å². The SMILES string of the molecule is CC(=O)N(C)c1ccc(N(C)S(=O)(=O)c2ccc(C)cc2)cc1. The molecule has 6 heteroatoms. The van der Waals surface area contributed by atoms with E-state index >= 15 is 0 Å². The summed E-state index contributed by atoms with van der Waals surface area (Å²) in [5.74, 6) is -0.0848. The van der Waals surface area contributed by atoms with Crippen molar-refractivity contribution in [2.45, 2.75) is 18.7 Å². The van der Waals surface area contributed by atoms with Crippen LogP contribution in [0.5, 0.6) is 0 Å². The van der Waals surface area contributed by atoms with Crippen molar-refractivity contribution in [3.05, 3.63) is 54.1 Å². The standard InChI is InChI=1S/C17H20N2O3S/c1-13-5-11-17(12-6-13)23(21,22)19(4)16-9-7-15(8-10-16)18(3)14(2)20/h5-12H,1-4H3. The highest BCUT2D eigenvalue weighted by molar-refractivity contribution is 7.92. The third-order valence-electron chi connectivity index (χ3n) is 3.75. The van der Waals surface area contributed by atoms with Gasteiger partial charge in [-0.05, 0) is 43.3 Å². The number of hydrogen-bond donors (Lipinski definition) is 0. The molecule has 0 radical (unpaired) electrons. The first-order valence-electron chi connectivity index (χ1n) is 7.13. The van der Waals surface area contributed by atoms with Crippen LogP contribution >= 0.6 is 0 Å². The molecule has 0 saturated carbocycles. The second-order valence-electron chi connectivity index (χ2n) is 5.38. The average molecular weight is 332 g/mol. The average Bonchev–Trinajstić information content (AvgIpc) is 2.54. The lowest BCUT2D eigenvalue weighted by molar-refractivity contribution is -0.116. The number of rotatable bonds is 4. The number of amides is 1. The third-order valence-corrected chi connectivity index (χ3v) is 5.55. The molecule has 2 aromatic carbocycles. The molecule has 0 aliphatic rings. The van der Waals surface area contributed by atoms with Crippen LogP contribution in [0, 0.1) is 6.92 Å². The molecule has 23 heavy (non-hydrogen) atoms. The van der Waals surface area contributed by atoms with E-state index in [1.807, 2.05) is 6.92 Å². The Morgan fingerprint density at radius 2 is 1.35 bits per heavy atom. The van der Waals surface area contributed by atoms with Crippen molar-refractivity contribution in [1.29, 1.82) is 0 Å². The first-order valence-corrected chi connectivity index (χ1v) is 8.57. The lowest BCUT2D eigenvalue weighted by atomic mass is 10.2. The number of hydrogen-bond acceptors (Lipinski definition) is 3. The van der Waals surface area contributed by atoms with E-state index < -0.39 is 10.0 Å². The van der Waals surface area contributed by atoms with Gasteiger partial charge in [-0.1, -0.05) is 17.7 Å². The van der Waals surface area contributed by atoms with Crippen LogP contribution in [0.2, 0.25) is 0 Å². The summed E-state index contributed by atoms with van der Waals surface area (Å²) in [5.41, 5.74) is 2.25. The molecule has 0 saturated heterocycles. The maximum Gasteiger partial charge on any atom is 0.264 e. The number of nitrogens with zero attached hydrogens (tertiary/aromatic N) is 2. The molecule has 2 rings (SSSR count). The highest BCUT2D eigenvalue weighted by atomic mass is 32.2. The Morgan fingerprint density at radius 3 is 1.83 bits per heavy atom. The van der Waals surface area contributed by atoms with E-state index in [1.54, 1.807) is 55.6 Å². The Balaban J connectivity index is 2.31. The minimum atomic E-state index is -3.61. The van der Waals surface area contributed by atoms with Gasteiger partial charge in [-0.2, -0.15) is 0 Å². The monoisotopic (exact) mass is 332 g/mol. The van der Waals surface area contributed by atoms with Gasteiger partial charge in [0.1, 0.15) is 0 Å². The second kappa shape index (κ2) is 6.42. The van der Waals surface area contributed by atoms with E-state index in [9.17, 15) is 13.2 Å². The van der Waals surface area contributed by atoms with Crippen molar-refractivity contribution < 1.29 is 13.2 Å². The Hall–Kier alpha value is -2.34. The molecule has 122 valence electrons. The Bertz CT molecular complexity index is 797. The fraction of sp³-hybridized carbons (Fsp3) is 0.235. The van der Waals surface area contributed by atoms with Gasteiger partial charge in [-0.3, -0.25) is 9.10 Å². The number of aryl methyl sites for hydroxylation is 1. The zero-order chi connectivity index (χ0) is 17.2. The molecular weight excluding hydrogens is 312 g/mol. The topological polar surface area (TPSA) is 57.7 Å². The summed E-state index contributed by atoms with van der Waals surface area (Å²) in [7, 11) is -0.422. The molecule has 0 spiro atoms. The first kappa shape index (κ1) is 17.0. The molecular formula is C17H20N2O3S. The fourth-order valence-electron chi connectivity index (χ4n) is 2.08. The van der Waals surface area contributed by atoms with Crippen LogP contribution in [0.15, 0.2) is 53.4 Å². The molecule has 0 bridgehead atoms. The zero-order valence-corrected chi connectivity index (χ0v) is 14.5. The van der Waals surface area contributed by atoms with Gasteiger partial charge in [0.2, 0.25) is 5.91 Å². The molecule has 0 atom stereocenters. The minimum absolute atomic E-state index is 0.0848. The van der Waals surface area contributed by atoms with Crippen molar-refractivity contribution >= 4 is 27.3 Å². The molecule has 0 aliphatic carbocycles. The summed E-state index contributed by atoms with van der Waals surface area (Å²) < 4.78 is 26.5. The summed E-state index contributed by atoms with van der Waals surface area (Å²) in [5, 5.41) is 0. The summed E-state index contributed by atoms with van der Waals surface area (Å²) in [6.45, 7) is 3.38. The van der Waals surface area contributed by atoms with E-state index in [2.05, 4.69) is 0 Å². The number of carbonyl (C=O) groups is 1. The third kappa shape index (κ3) is 3.53. The molecule has 2 aromatic rings. The first-order chi connectivity index (χ1) is 10.7. The van der Waals surface area contributed by atoms with Gasteiger partial charge in [-0.15, -0.1) is 0 Å². The number of benzene rings is 2. The van der Waals surface area contributed by atoms with Gasteiger partial charge < -0.3 is 4.90 Å². The molecule has 0 heterocycles. The summed E-state index contributed by atoms with van der Waals surface area (Å²) in [6, 6.07) is 13.5. The Morgan fingerprint density at radius 1 is 0.870 bits per heavy atom. The summed E-state index contributed by atoms with van der Waals surface area (Å²) in [6.07, 6.45) is 0. The van der Waals surface area contributed by atoms with Crippen molar-refractivity contribution in [2.75, 3.05) is 23.3 Å². The number of sulfonamides is 1. The zero-order valence-electron chi connectivity index (χ0n) is 13.6. The molecule has 5 nitrogen and oxygen atoms in total. The predicted molar refractivity (Wildman–Crippen MR) is 92.3 cm³/mol. The van der Waals surface area contributed by atoms with Crippen molar-refractivity contribution in [3.8, 4) is 0 Å². The van der Waals surface area contributed by atoms with Crippen LogP contribution in [0.1, 0.15) is 12.5 Å². The summed E-state index contributed by atoms with van der Waals surface area (Å²) in [4.78, 5) is 13.1. The van der Waals surface area contributed by atoms with E-state index in [0.29, 0.717) is 11.4 Å². The minimum Gasteiger partial charge on any atom is -0.316 e. The van der Waals surface area contributed by atoms with Crippen LogP contribution in [-0.2, 0) is 14.8 Å². The van der Waals surface area contributed by atoms with Gasteiger partial charge in [0, 0.05) is 26.7 Å². The highest BCUT2D eigenvalue weighted by Crippen LogP contribution is 2.24. The van der Waals surface area contributed by atoms with Gasteiger partial charge in [0.25, 0.3) is 10.0 Å². The lowest BCUT2D eigenvalue weighted by Gasteiger charge is -2.21. The molecule has 0 aromatic heterocycles. The normalized spacial score (nSPS) is 11.1. The lowest BCUT2D eigenvalue weighted by Crippen LogP contribution is -2.27. The molecule has 1 amide bonds. The second-order valence-corrected chi connectivity index (χ2v) is 7.35. The van der Waals surface area contributed by atoms with Gasteiger partial charge in [0.15, 0.2) is 0 Å². The highest BCUT2D eigenvalue weighted by Gasteiger charge is 2.21. The Kier molecular flexibility index (Phi) is 4.75. The fourth-order valence-corrected chi connectivity index (χ4v) is 3.27. The smallest absolute Gasteiger partial charge is 0.264 e. The molecule has 0 unspecified atom stereocenters. The maximum absolute atomic E-state index is 12.6. The quantitative estimate of drug-likeness (QED) is 0.865. The van der Waals surface area contributed by atoms with Crippen LogP contribution in [0.3, 0.4) is 0 Å². The number of anilines is 2. The van der Waals surface area contributed by atoms with Gasteiger partial charge in [-0.25, -0.2) is 8.42 Å². The largest absolute Gasteiger partial charge is 0.316 e. The van der Waals surface area contributed by atoms with E-state index in [0.717, 1.165) is 5.56 Å². The van der Waals surface area contributed by atoms with Crippen molar-refractivity contribution in [1.82, 2.24) is 0 Å². The van der Waals surface area contributed by atoms with E-state index in [-0.39, 0.29) is 10.8 Å². The molecule has 0 fully saturated rings. The summed E-state index contributed by atoms with van der Waals surface area (Å²) >= 11 is 0. The number of carbonyl (C=O) groups excluding carboxylic acids is 1.